The molecule has 3 atom stereocenters. The van der Waals surface area contributed by atoms with E-state index in [9.17, 15) is 0 Å². The van der Waals surface area contributed by atoms with Crippen molar-refractivity contribution in [1.82, 2.24) is 15.0 Å². The minimum Gasteiger partial charge on any atom is -0.315 e. The minimum atomic E-state index is -0.954. The van der Waals surface area contributed by atoms with E-state index in [1.807, 2.05) is 91.1 Å². The topological polar surface area (TPSA) is 117 Å². The van der Waals surface area contributed by atoms with Crippen molar-refractivity contribution in [1.29, 1.82) is 0 Å². The van der Waals surface area contributed by atoms with Crippen LogP contribution in [0.25, 0.3) is 16.7 Å². The van der Waals surface area contributed by atoms with Crippen molar-refractivity contribution in [3.05, 3.63) is 180 Å². The monoisotopic (exact) mass is 588 g/mol. The zero-order valence-corrected chi connectivity index (χ0v) is 25.1. The van der Waals surface area contributed by atoms with Gasteiger partial charge < -0.3 is 17.2 Å². The number of nitrogens with zero attached hydrogens (tertiary/aromatic N) is 3. The van der Waals surface area contributed by atoms with Crippen molar-refractivity contribution >= 4 is 16.7 Å². The molecule has 0 radical (unpaired) electrons. The van der Waals surface area contributed by atoms with Crippen LogP contribution in [0.4, 0.5) is 0 Å². The highest BCUT2D eigenvalue weighted by atomic mass is 15.1. The fourth-order valence-electron chi connectivity index (χ4n) is 5.99. The van der Waals surface area contributed by atoms with Gasteiger partial charge in [0.25, 0.3) is 0 Å². The molecule has 6 heteroatoms. The molecule has 3 aliphatic carbocycles. The van der Waals surface area contributed by atoms with Crippen molar-refractivity contribution in [2.24, 2.45) is 17.2 Å². The van der Waals surface area contributed by atoms with Gasteiger partial charge in [-0.25, -0.2) is 15.0 Å². The zero-order chi connectivity index (χ0) is 30.9. The molecule has 4 aromatic rings. The van der Waals surface area contributed by atoms with E-state index >= 15 is 0 Å². The van der Waals surface area contributed by atoms with Crippen LogP contribution in [-0.2, 0) is 16.6 Å². The molecule has 7 rings (SSSR count). The van der Waals surface area contributed by atoms with Gasteiger partial charge in [-0.05, 0) is 52.7 Å². The Labute approximate surface area is 264 Å². The van der Waals surface area contributed by atoms with Crippen LogP contribution >= 0.6 is 0 Å². The van der Waals surface area contributed by atoms with Gasteiger partial charge >= 0.3 is 0 Å². The Morgan fingerprint density at radius 2 is 0.667 bits per heavy atom. The Kier molecular flexibility index (Phi) is 7.34. The fraction of sp³-hybridized carbons (Fsp3) is 0.154. The molecule has 0 saturated heterocycles. The van der Waals surface area contributed by atoms with Crippen molar-refractivity contribution in [2.45, 2.75) is 35.9 Å². The lowest BCUT2D eigenvalue weighted by molar-refractivity contribution is 0.445. The molecule has 6 nitrogen and oxygen atoms in total. The number of benzene rings is 3. The third-order valence-electron chi connectivity index (χ3n) is 8.87. The summed E-state index contributed by atoms with van der Waals surface area (Å²) in [7, 11) is 0. The van der Waals surface area contributed by atoms with E-state index in [1.54, 1.807) is 0 Å². The first kappa shape index (κ1) is 28.7. The second kappa shape index (κ2) is 11.5. The second-order valence-corrected chi connectivity index (χ2v) is 12.1. The molecule has 3 aromatic carbocycles. The average molecular weight is 589 g/mol. The van der Waals surface area contributed by atoms with Crippen LogP contribution in [0, 0.1) is 0 Å². The van der Waals surface area contributed by atoms with Crippen LogP contribution in [-0.4, -0.2) is 15.0 Å². The van der Waals surface area contributed by atoms with E-state index in [-0.39, 0.29) is 0 Å². The summed E-state index contributed by atoms with van der Waals surface area (Å²) in [6.07, 6.45) is 20.1. The van der Waals surface area contributed by atoms with E-state index in [0.29, 0.717) is 36.7 Å². The Morgan fingerprint density at radius 3 is 0.889 bits per heavy atom. The van der Waals surface area contributed by atoms with Crippen LogP contribution in [0.5, 0.6) is 0 Å². The smallest absolute Gasteiger partial charge is 0.156 e. The average Bonchev–Trinajstić information content (AvgIpc) is 3.10. The number of nitrogens with two attached hydrogens (primary N) is 3. The van der Waals surface area contributed by atoms with Crippen LogP contribution in [0.3, 0.4) is 0 Å². The number of aromatic nitrogens is 3. The molecule has 222 valence electrons. The first-order valence-electron chi connectivity index (χ1n) is 15.3. The summed E-state index contributed by atoms with van der Waals surface area (Å²) in [6, 6.07) is 30.8. The number of rotatable bonds is 6. The molecule has 1 heterocycles. The standard InChI is InChI=1S/C39H36N6/c40-37(22-16-31(17-23-37)28-10-4-1-5-11-28)34-43-35(38(41)24-18-32(19-25-38)29-12-6-2-7-13-29)45-36(44-34)39(42)26-20-33(21-27-39)30-14-8-3-9-15-30/h1-22,24,26H,23,25,27,40-42H2. The normalized spacial score (nSPS) is 25.8. The molecule has 3 aliphatic rings. The minimum absolute atomic E-state index is 0.453. The maximum absolute atomic E-state index is 7.07. The van der Waals surface area contributed by atoms with Gasteiger partial charge in [0.05, 0.1) is 16.6 Å². The van der Waals surface area contributed by atoms with Gasteiger partial charge in [-0.2, -0.15) is 0 Å². The highest BCUT2D eigenvalue weighted by Crippen LogP contribution is 2.37. The maximum Gasteiger partial charge on any atom is 0.156 e. The van der Waals surface area contributed by atoms with Gasteiger partial charge in [0.1, 0.15) is 0 Å². The molecule has 0 saturated carbocycles. The van der Waals surface area contributed by atoms with Gasteiger partial charge in [-0.3, -0.25) is 0 Å². The van der Waals surface area contributed by atoms with Crippen LogP contribution in [0.1, 0.15) is 53.4 Å². The van der Waals surface area contributed by atoms with Crippen molar-refractivity contribution in [3.8, 4) is 0 Å². The molecular weight excluding hydrogens is 552 g/mol. The second-order valence-electron chi connectivity index (χ2n) is 12.1. The molecule has 3 unspecified atom stereocenters. The van der Waals surface area contributed by atoms with Crippen LogP contribution in [0.15, 0.2) is 146 Å². The van der Waals surface area contributed by atoms with E-state index in [1.165, 1.54) is 0 Å². The van der Waals surface area contributed by atoms with E-state index in [0.717, 1.165) is 33.4 Å². The summed E-state index contributed by atoms with van der Waals surface area (Å²) >= 11 is 0. The number of hydrogen-bond acceptors (Lipinski definition) is 6. The molecule has 1 aromatic heterocycles. The molecule has 0 aliphatic heterocycles. The molecule has 0 spiro atoms. The van der Waals surface area contributed by atoms with Crippen molar-refractivity contribution in [2.75, 3.05) is 0 Å². The number of hydrogen-bond donors (Lipinski definition) is 3. The van der Waals surface area contributed by atoms with E-state index in [4.69, 9.17) is 32.2 Å². The van der Waals surface area contributed by atoms with Gasteiger partial charge in [0.2, 0.25) is 0 Å². The summed E-state index contributed by atoms with van der Waals surface area (Å²) in [5.41, 5.74) is 25.1. The fourth-order valence-corrected chi connectivity index (χ4v) is 5.99. The van der Waals surface area contributed by atoms with Gasteiger partial charge in [0, 0.05) is 0 Å². The third kappa shape index (κ3) is 5.67. The third-order valence-corrected chi connectivity index (χ3v) is 8.87. The summed E-state index contributed by atoms with van der Waals surface area (Å²) in [6.45, 7) is 0. The van der Waals surface area contributed by atoms with E-state index < -0.39 is 16.6 Å². The summed E-state index contributed by atoms with van der Waals surface area (Å²) in [4.78, 5) is 14.9. The largest absolute Gasteiger partial charge is 0.315 e. The molecule has 6 N–H and O–H groups in total. The highest BCUT2D eigenvalue weighted by molar-refractivity contribution is 5.77. The molecule has 0 amide bonds. The zero-order valence-electron chi connectivity index (χ0n) is 25.1. The predicted molar refractivity (Wildman–Crippen MR) is 182 cm³/mol. The van der Waals surface area contributed by atoms with Crippen LogP contribution < -0.4 is 17.2 Å². The summed E-state index contributed by atoms with van der Waals surface area (Å²) in [5.74, 6) is 1.36. The number of allylic oxidation sites excluding steroid dienone is 6. The quantitative estimate of drug-likeness (QED) is 0.238. The van der Waals surface area contributed by atoms with Gasteiger partial charge in [0.15, 0.2) is 17.5 Å². The van der Waals surface area contributed by atoms with Crippen molar-refractivity contribution < 1.29 is 0 Å². The Morgan fingerprint density at radius 1 is 0.400 bits per heavy atom. The lowest BCUT2D eigenvalue weighted by Crippen LogP contribution is -2.45. The van der Waals surface area contributed by atoms with Gasteiger partial charge in [-0.1, -0.05) is 146 Å². The lowest BCUT2D eigenvalue weighted by Gasteiger charge is -2.33. The van der Waals surface area contributed by atoms with Crippen molar-refractivity contribution in [3.63, 3.8) is 0 Å². The lowest BCUT2D eigenvalue weighted by atomic mass is 9.84. The first-order valence-corrected chi connectivity index (χ1v) is 15.3. The molecule has 0 fully saturated rings. The molecule has 45 heavy (non-hydrogen) atoms. The Balaban J connectivity index is 1.26. The maximum atomic E-state index is 7.07. The molecular formula is C39H36N6. The van der Waals surface area contributed by atoms with Crippen LogP contribution in [0.2, 0.25) is 0 Å². The first-order chi connectivity index (χ1) is 21.8. The summed E-state index contributed by atoms with van der Waals surface area (Å²) < 4.78 is 0. The predicted octanol–water partition coefficient (Wildman–Crippen LogP) is 6.46. The van der Waals surface area contributed by atoms with E-state index in [2.05, 4.69) is 54.6 Å². The van der Waals surface area contributed by atoms with Gasteiger partial charge in [-0.15, -0.1) is 0 Å². The Hall–Kier alpha value is -5.01. The Bertz CT molecular complexity index is 1670. The molecule has 0 bridgehead atoms. The summed E-state index contributed by atoms with van der Waals surface area (Å²) in [5, 5.41) is 0. The SMILES string of the molecule is NC1(c2nc(C3(N)C=CC(c4ccccc4)=CC3)nc(C3(N)C=CC(c4ccccc4)=CC3)n2)C=CC(c2ccccc2)=CC1. The highest BCUT2D eigenvalue weighted by Gasteiger charge is 2.38.